The van der Waals surface area contributed by atoms with Crippen molar-refractivity contribution < 1.29 is 14.2 Å². The van der Waals surface area contributed by atoms with Gasteiger partial charge in [0.15, 0.2) is 11.5 Å². The van der Waals surface area contributed by atoms with Crippen molar-refractivity contribution in [2.75, 3.05) is 25.3 Å². The first kappa shape index (κ1) is 14.4. The van der Waals surface area contributed by atoms with E-state index < -0.39 is 0 Å². The normalized spacial score (nSPS) is 11.8. The van der Waals surface area contributed by atoms with Crippen LogP contribution < -0.4 is 19.5 Å². The minimum Gasteiger partial charge on any atom is -0.492 e. The van der Waals surface area contributed by atoms with Crippen molar-refractivity contribution in [3.8, 4) is 23.3 Å². The van der Waals surface area contributed by atoms with Crippen molar-refractivity contribution in [3.63, 3.8) is 0 Å². The summed E-state index contributed by atoms with van der Waals surface area (Å²) in [7, 11) is 0. The summed E-state index contributed by atoms with van der Waals surface area (Å²) in [5.74, 6) is 2.11. The summed E-state index contributed by atoms with van der Waals surface area (Å²) in [6.45, 7) is 1.19. The van der Waals surface area contributed by atoms with Gasteiger partial charge < -0.3 is 19.5 Å². The molecular formula is C16H13ClN2O3. The molecule has 1 heterocycles. The van der Waals surface area contributed by atoms with Crippen LogP contribution in [0.4, 0.5) is 5.69 Å². The summed E-state index contributed by atoms with van der Waals surface area (Å²) in [5, 5.41) is 12.7. The predicted molar refractivity (Wildman–Crippen MR) is 82.7 cm³/mol. The van der Waals surface area contributed by atoms with E-state index in [-0.39, 0.29) is 6.79 Å². The van der Waals surface area contributed by atoms with Gasteiger partial charge in [-0.2, -0.15) is 5.26 Å². The highest BCUT2D eigenvalue weighted by molar-refractivity contribution is 6.33. The van der Waals surface area contributed by atoms with Crippen LogP contribution >= 0.6 is 11.6 Å². The van der Waals surface area contributed by atoms with Gasteiger partial charge in [-0.1, -0.05) is 17.7 Å². The second kappa shape index (κ2) is 6.46. The summed E-state index contributed by atoms with van der Waals surface area (Å²) in [4.78, 5) is 0. The second-order valence-electron chi connectivity index (χ2n) is 4.56. The minimum absolute atomic E-state index is 0.240. The Kier molecular flexibility index (Phi) is 4.22. The fourth-order valence-electron chi connectivity index (χ4n) is 2.11. The van der Waals surface area contributed by atoms with Gasteiger partial charge in [-0.15, -0.1) is 0 Å². The van der Waals surface area contributed by atoms with Crippen LogP contribution in [-0.2, 0) is 0 Å². The first-order valence-corrected chi connectivity index (χ1v) is 7.10. The van der Waals surface area contributed by atoms with Gasteiger partial charge in [-0.05, 0) is 24.3 Å². The third-order valence-electron chi connectivity index (χ3n) is 3.15. The van der Waals surface area contributed by atoms with Crippen LogP contribution in [0.5, 0.6) is 17.2 Å². The largest absolute Gasteiger partial charge is 0.492 e. The number of hydrogen-bond donors (Lipinski definition) is 1. The number of rotatable bonds is 5. The molecule has 0 spiro atoms. The number of nitrogens with zero attached hydrogens (tertiary/aromatic N) is 1. The molecule has 0 aromatic heterocycles. The molecule has 1 aliphatic rings. The van der Waals surface area contributed by atoms with Crippen LogP contribution in [0.1, 0.15) is 5.56 Å². The number of fused-ring (bicyclic) bond motifs is 1. The van der Waals surface area contributed by atoms with Crippen molar-refractivity contribution in [2.24, 2.45) is 0 Å². The number of halogens is 1. The van der Waals surface area contributed by atoms with Gasteiger partial charge in [-0.3, -0.25) is 0 Å². The van der Waals surface area contributed by atoms with E-state index in [0.29, 0.717) is 40.9 Å². The van der Waals surface area contributed by atoms with Crippen molar-refractivity contribution >= 4 is 17.3 Å². The lowest BCUT2D eigenvalue weighted by molar-refractivity contribution is 0.174. The topological polar surface area (TPSA) is 63.5 Å². The maximum Gasteiger partial charge on any atom is 0.231 e. The van der Waals surface area contributed by atoms with Crippen LogP contribution in [0.25, 0.3) is 0 Å². The molecule has 0 bridgehead atoms. The summed E-state index contributed by atoms with van der Waals surface area (Å²) in [6, 6.07) is 12.7. The van der Waals surface area contributed by atoms with Crippen molar-refractivity contribution in [2.45, 2.75) is 0 Å². The third kappa shape index (κ3) is 3.02. The molecular weight excluding hydrogens is 304 g/mol. The van der Waals surface area contributed by atoms with Crippen LogP contribution in [0.15, 0.2) is 36.4 Å². The zero-order valence-corrected chi connectivity index (χ0v) is 12.4. The molecule has 5 nitrogen and oxygen atoms in total. The second-order valence-corrected chi connectivity index (χ2v) is 4.97. The Morgan fingerprint density at radius 3 is 2.95 bits per heavy atom. The molecule has 22 heavy (non-hydrogen) atoms. The third-order valence-corrected chi connectivity index (χ3v) is 3.47. The van der Waals surface area contributed by atoms with Crippen molar-refractivity contribution in [3.05, 3.63) is 47.0 Å². The summed E-state index contributed by atoms with van der Waals surface area (Å²) >= 11 is 6.08. The molecule has 0 fully saturated rings. The number of ether oxygens (including phenoxy) is 3. The maximum atomic E-state index is 9.06. The molecule has 2 aromatic carbocycles. The van der Waals surface area contributed by atoms with Gasteiger partial charge >= 0.3 is 0 Å². The summed E-state index contributed by atoms with van der Waals surface area (Å²) < 4.78 is 16.2. The van der Waals surface area contributed by atoms with Gasteiger partial charge in [0.05, 0.1) is 16.3 Å². The van der Waals surface area contributed by atoms with E-state index in [9.17, 15) is 0 Å². The highest BCUT2D eigenvalue weighted by Crippen LogP contribution is 2.35. The molecule has 0 atom stereocenters. The Morgan fingerprint density at radius 1 is 1.23 bits per heavy atom. The van der Waals surface area contributed by atoms with Crippen LogP contribution in [0.2, 0.25) is 5.02 Å². The number of anilines is 1. The maximum absolute atomic E-state index is 9.06. The molecule has 0 radical (unpaired) electrons. The first-order valence-electron chi connectivity index (χ1n) is 6.73. The average Bonchev–Trinajstić information content (AvgIpc) is 3.00. The molecule has 2 aromatic rings. The van der Waals surface area contributed by atoms with Crippen molar-refractivity contribution in [1.29, 1.82) is 5.26 Å². The quantitative estimate of drug-likeness (QED) is 0.856. The SMILES string of the molecule is N#Cc1cccc(Cl)c1NCCOc1ccc2c(c1)OCO2. The Morgan fingerprint density at radius 2 is 2.09 bits per heavy atom. The molecule has 112 valence electrons. The molecule has 0 aliphatic carbocycles. The van der Waals surface area contributed by atoms with E-state index in [1.165, 1.54) is 0 Å². The van der Waals surface area contributed by atoms with Gasteiger partial charge in [0.2, 0.25) is 6.79 Å². The van der Waals surface area contributed by atoms with E-state index in [2.05, 4.69) is 11.4 Å². The smallest absolute Gasteiger partial charge is 0.231 e. The van der Waals surface area contributed by atoms with Crippen molar-refractivity contribution in [1.82, 2.24) is 0 Å². The average molecular weight is 317 g/mol. The van der Waals surface area contributed by atoms with E-state index in [0.717, 1.165) is 5.75 Å². The summed E-state index contributed by atoms with van der Waals surface area (Å²) in [6.07, 6.45) is 0. The minimum atomic E-state index is 0.240. The van der Waals surface area contributed by atoms with E-state index in [1.807, 2.05) is 12.1 Å². The fraction of sp³-hybridized carbons (Fsp3) is 0.188. The number of hydrogen-bond acceptors (Lipinski definition) is 5. The first-order chi connectivity index (χ1) is 10.8. The van der Waals surface area contributed by atoms with Gasteiger partial charge in [0.1, 0.15) is 18.4 Å². The zero-order chi connectivity index (χ0) is 15.4. The molecule has 0 amide bonds. The van der Waals surface area contributed by atoms with E-state index in [1.54, 1.807) is 24.3 Å². The molecule has 6 heteroatoms. The molecule has 3 rings (SSSR count). The Hall–Kier alpha value is -2.58. The van der Waals surface area contributed by atoms with Crippen LogP contribution in [0, 0.1) is 11.3 Å². The zero-order valence-electron chi connectivity index (χ0n) is 11.6. The Labute approximate surface area is 133 Å². The van der Waals surface area contributed by atoms with Gasteiger partial charge in [0, 0.05) is 12.6 Å². The van der Waals surface area contributed by atoms with Gasteiger partial charge in [-0.25, -0.2) is 0 Å². The molecule has 0 saturated heterocycles. The van der Waals surface area contributed by atoms with Gasteiger partial charge in [0.25, 0.3) is 0 Å². The standard InChI is InChI=1S/C16H13ClN2O3/c17-13-3-1-2-11(9-18)16(13)19-6-7-20-12-4-5-14-15(8-12)22-10-21-14/h1-5,8,19H,6-7,10H2. The van der Waals surface area contributed by atoms with E-state index in [4.69, 9.17) is 31.1 Å². The fourth-order valence-corrected chi connectivity index (χ4v) is 2.35. The number of benzene rings is 2. The Balaban J connectivity index is 1.55. The lowest BCUT2D eigenvalue weighted by Gasteiger charge is -2.11. The monoisotopic (exact) mass is 316 g/mol. The lowest BCUT2D eigenvalue weighted by Crippen LogP contribution is -2.12. The molecule has 1 N–H and O–H groups in total. The van der Waals surface area contributed by atoms with Crippen LogP contribution in [-0.4, -0.2) is 19.9 Å². The number of nitriles is 1. The molecule has 0 unspecified atom stereocenters. The Bertz CT molecular complexity index is 728. The highest BCUT2D eigenvalue weighted by Gasteiger charge is 2.13. The number of nitrogens with one attached hydrogen (secondary N) is 1. The predicted octanol–water partition coefficient (Wildman–Crippen LogP) is 3.43. The highest BCUT2D eigenvalue weighted by atomic mass is 35.5. The summed E-state index contributed by atoms with van der Waals surface area (Å²) in [5.41, 5.74) is 1.14. The number of para-hydroxylation sites is 1. The lowest BCUT2D eigenvalue weighted by atomic mass is 10.2. The molecule has 0 saturated carbocycles. The van der Waals surface area contributed by atoms with E-state index >= 15 is 0 Å². The molecule has 1 aliphatic heterocycles. The van der Waals surface area contributed by atoms with Crippen LogP contribution in [0.3, 0.4) is 0 Å².